The molecule has 0 spiro atoms. The van der Waals surface area contributed by atoms with Gasteiger partial charge in [-0.05, 0) is 24.5 Å². The quantitative estimate of drug-likeness (QED) is 0.695. The molecular formula is C10H19N3OS2. The summed E-state index contributed by atoms with van der Waals surface area (Å²) >= 11 is 3.11. The Morgan fingerprint density at radius 3 is 2.88 bits per heavy atom. The highest BCUT2D eigenvalue weighted by molar-refractivity contribution is 8.00. The van der Waals surface area contributed by atoms with Crippen LogP contribution in [0.25, 0.3) is 0 Å². The van der Waals surface area contributed by atoms with Crippen LogP contribution in [0.3, 0.4) is 0 Å². The van der Waals surface area contributed by atoms with E-state index in [1.165, 1.54) is 11.5 Å². The number of rotatable bonds is 8. The lowest BCUT2D eigenvalue weighted by molar-refractivity contribution is 0.254. The van der Waals surface area contributed by atoms with Crippen molar-refractivity contribution in [2.75, 3.05) is 18.9 Å². The Kier molecular flexibility index (Phi) is 6.95. The topological polar surface area (TPSA) is 58.0 Å². The Labute approximate surface area is 105 Å². The van der Waals surface area contributed by atoms with Gasteiger partial charge in [0.25, 0.3) is 0 Å². The minimum absolute atomic E-state index is 0.152. The number of aliphatic hydroxyl groups is 1. The molecule has 0 saturated carbocycles. The molecule has 1 unspecified atom stereocenters. The molecule has 16 heavy (non-hydrogen) atoms. The largest absolute Gasteiger partial charge is 0.395 e. The minimum Gasteiger partial charge on any atom is -0.395 e. The van der Waals surface area contributed by atoms with E-state index in [2.05, 4.69) is 28.5 Å². The van der Waals surface area contributed by atoms with E-state index in [1.54, 1.807) is 11.8 Å². The predicted octanol–water partition coefficient (Wildman–Crippen LogP) is 1.55. The van der Waals surface area contributed by atoms with E-state index >= 15 is 0 Å². The van der Waals surface area contributed by atoms with E-state index in [1.807, 2.05) is 0 Å². The van der Waals surface area contributed by atoms with E-state index in [9.17, 15) is 5.11 Å². The average Bonchev–Trinajstić information content (AvgIpc) is 2.77. The fraction of sp³-hybridized carbons (Fsp3) is 0.800. The summed E-state index contributed by atoms with van der Waals surface area (Å²) in [5, 5.41) is 12.5. The molecule has 0 aliphatic heterocycles. The number of aryl methyl sites for hydroxylation is 1. The number of aliphatic hydroxyl groups excluding tert-OH is 1. The molecule has 0 radical (unpaired) electrons. The van der Waals surface area contributed by atoms with E-state index in [0.717, 1.165) is 35.3 Å². The van der Waals surface area contributed by atoms with Gasteiger partial charge in [0.15, 0.2) is 4.34 Å². The Bertz CT molecular complexity index is 293. The first-order valence-electron chi connectivity index (χ1n) is 5.59. The third-order valence-electron chi connectivity index (χ3n) is 2.08. The van der Waals surface area contributed by atoms with Crippen molar-refractivity contribution in [3.05, 3.63) is 5.82 Å². The van der Waals surface area contributed by atoms with Crippen LogP contribution >= 0.6 is 23.3 Å². The number of nitrogens with zero attached hydrogens (tertiary/aromatic N) is 2. The van der Waals surface area contributed by atoms with Crippen molar-refractivity contribution >= 4 is 23.3 Å². The van der Waals surface area contributed by atoms with Crippen LogP contribution in [-0.2, 0) is 6.42 Å². The van der Waals surface area contributed by atoms with Crippen molar-refractivity contribution < 1.29 is 5.11 Å². The first kappa shape index (κ1) is 13.9. The summed E-state index contributed by atoms with van der Waals surface area (Å²) in [5.41, 5.74) is 0. The molecular weight excluding hydrogens is 242 g/mol. The van der Waals surface area contributed by atoms with Gasteiger partial charge < -0.3 is 10.4 Å². The lowest BCUT2D eigenvalue weighted by atomic mass is 10.3. The summed E-state index contributed by atoms with van der Waals surface area (Å²) < 4.78 is 5.22. The van der Waals surface area contributed by atoms with Gasteiger partial charge in [0, 0.05) is 18.2 Å². The molecule has 0 bridgehead atoms. The third-order valence-corrected chi connectivity index (χ3v) is 4.11. The van der Waals surface area contributed by atoms with Crippen LogP contribution in [0.1, 0.15) is 26.1 Å². The van der Waals surface area contributed by atoms with Crippen LogP contribution in [0.2, 0.25) is 0 Å². The normalized spacial score (nSPS) is 12.9. The number of nitrogens with one attached hydrogen (secondary N) is 1. The Balaban J connectivity index is 2.31. The number of hydrogen-bond acceptors (Lipinski definition) is 6. The van der Waals surface area contributed by atoms with Gasteiger partial charge in [0.2, 0.25) is 0 Å². The van der Waals surface area contributed by atoms with Gasteiger partial charge in [-0.1, -0.05) is 25.6 Å². The molecule has 1 aromatic heterocycles. The predicted molar refractivity (Wildman–Crippen MR) is 69.2 cm³/mol. The summed E-state index contributed by atoms with van der Waals surface area (Å²) in [7, 11) is 0. The smallest absolute Gasteiger partial charge is 0.170 e. The van der Waals surface area contributed by atoms with Crippen LogP contribution in [-0.4, -0.2) is 39.4 Å². The van der Waals surface area contributed by atoms with Crippen molar-refractivity contribution in [1.29, 1.82) is 0 Å². The molecule has 0 amide bonds. The highest BCUT2D eigenvalue weighted by Gasteiger charge is 2.09. The second-order valence-corrected chi connectivity index (χ2v) is 5.49. The molecule has 2 N–H and O–H groups in total. The monoisotopic (exact) mass is 261 g/mol. The molecule has 0 aromatic carbocycles. The second-order valence-electron chi connectivity index (χ2n) is 3.47. The van der Waals surface area contributed by atoms with Crippen LogP contribution in [0.15, 0.2) is 4.34 Å². The molecule has 0 fully saturated rings. The zero-order valence-electron chi connectivity index (χ0n) is 9.77. The van der Waals surface area contributed by atoms with Gasteiger partial charge in [-0.2, -0.15) is 4.37 Å². The maximum absolute atomic E-state index is 9.17. The third kappa shape index (κ3) is 4.78. The van der Waals surface area contributed by atoms with E-state index in [0.29, 0.717) is 0 Å². The number of aromatic nitrogens is 2. The Hall–Kier alpha value is -0.170. The van der Waals surface area contributed by atoms with Crippen molar-refractivity contribution in [2.45, 2.75) is 37.1 Å². The molecule has 4 nitrogen and oxygen atoms in total. The molecule has 0 aliphatic carbocycles. The molecule has 0 saturated heterocycles. The Morgan fingerprint density at radius 2 is 2.31 bits per heavy atom. The highest BCUT2D eigenvalue weighted by Crippen LogP contribution is 2.20. The molecule has 1 rings (SSSR count). The van der Waals surface area contributed by atoms with Gasteiger partial charge in [-0.3, -0.25) is 0 Å². The zero-order chi connectivity index (χ0) is 11.8. The number of thioether (sulfide) groups is 1. The fourth-order valence-electron chi connectivity index (χ4n) is 1.14. The van der Waals surface area contributed by atoms with Crippen LogP contribution < -0.4 is 5.32 Å². The van der Waals surface area contributed by atoms with E-state index in [4.69, 9.17) is 0 Å². The van der Waals surface area contributed by atoms with Crippen LogP contribution in [0.4, 0.5) is 0 Å². The lowest BCUT2D eigenvalue weighted by Crippen LogP contribution is -2.35. The summed E-state index contributed by atoms with van der Waals surface area (Å²) in [5.74, 6) is 1.75. The van der Waals surface area contributed by atoms with Gasteiger partial charge in [0.1, 0.15) is 5.82 Å². The van der Waals surface area contributed by atoms with Gasteiger partial charge >= 0.3 is 0 Å². The number of hydrogen-bond donors (Lipinski definition) is 2. The minimum atomic E-state index is 0.152. The standard InChI is InChI=1S/C10H19N3OS2/c1-3-5-11-8(6-14)7-15-10-12-9(4-2)13-16-10/h8,11,14H,3-7H2,1-2H3. The SMILES string of the molecule is CCCNC(CO)CSc1nc(CC)ns1. The van der Waals surface area contributed by atoms with Crippen molar-refractivity contribution in [3.8, 4) is 0 Å². The average molecular weight is 261 g/mol. The van der Waals surface area contributed by atoms with Gasteiger partial charge in [-0.15, -0.1) is 0 Å². The van der Waals surface area contributed by atoms with Crippen LogP contribution in [0, 0.1) is 0 Å². The molecule has 6 heteroatoms. The van der Waals surface area contributed by atoms with E-state index < -0.39 is 0 Å². The van der Waals surface area contributed by atoms with E-state index in [-0.39, 0.29) is 12.6 Å². The first-order valence-corrected chi connectivity index (χ1v) is 7.35. The molecule has 0 aliphatic rings. The van der Waals surface area contributed by atoms with Crippen molar-refractivity contribution in [2.24, 2.45) is 0 Å². The summed E-state index contributed by atoms with van der Waals surface area (Å²) in [6.45, 7) is 5.29. The summed E-state index contributed by atoms with van der Waals surface area (Å²) in [4.78, 5) is 4.38. The lowest BCUT2D eigenvalue weighted by Gasteiger charge is -2.13. The zero-order valence-corrected chi connectivity index (χ0v) is 11.4. The van der Waals surface area contributed by atoms with Gasteiger partial charge in [-0.25, -0.2) is 4.98 Å². The second kappa shape index (κ2) is 8.00. The van der Waals surface area contributed by atoms with Gasteiger partial charge in [0.05, 0.1) is 6.61 Å². The Morgan fingerprint density at radius 1 is 1.50 bits per heavy atom. The molecule has 1 atom stereocenters. The fourth-order valence-corrected chi connectivity index (χ4v) is 2.90. The molecule has 1 aromatic rings. The molecule has 1 heterocycles. The van der Waals surface area contributed by atoms with Crippen molar-refractivity contribution in [3.63, 3.8) is 0 Å². The molecule has 92 valence electrons. The summed E-state index contributed by atoms with van der Waals surface area (Å²) in [6.07, 6.45) is 1.97. The maximum Gasteiger partial charge on any atom is 0.170 e. The first-order chi connectivity index (χ1) is 7.80. The maximum atomic E-state index is 9.17. The summed E-state index contributed by atoms with van der Waals surface area (Å²) in [6, 6.07) is 0.152. The highest BCUT2D eigenvalue weighted by atomic mass is 32.2. The van der Waals surface area contributed by atoms with Crippen LogP contribution in [0.5, 0.6) is 0 Å². The van der Waals surface area contributed by atoms with Crippen molar-refractivity contribution in [1.82, 2.24) is 14.7 Å².